The highest BCUT2D eigenvalue weighted by atomic mass is 16.4. The van der Waals surface area contributed by atoms with E-state index in [1.165, 1.54) is 4.90 Å². The van der Waals surface area contributed by atoms with Crippen molar-refractivity contribution in [3.8, 4) is 0 Å². The third kappa shape index (κ3) is 2.68. The Bertz CT molecular complexity index is 237. The molecule has 6 heteroatoms. The molecular weight excluding hydrogens is 188 g/mol. The summed E-state index contributed by atoms with van der Waals surface area (Å²) in [5.74, 6) is -1.24. The molecule has 0 aromatic carbocycles. The Morgan fingerprint density at radius 2 is 2.07 bits per heavy atom. The van der Waals surface area contributed by atoms with Crippen LogP contribution < -0.4 is 5.73 Å². The maximum absolute atomic E-state index is 11.4. The van der Waals surface area contributed by atoms with Crippen molar-refractivity contribution < 1.29 is 19.8 Å². The Balaban J connectivity index is 2.26. The predicted molar refractivity (Wildman–Crippen MR) is 47.4 cm³/mol. The minimum absolute atomic E-state index is 0.108. The van der Waals surface area contributed by atoms with Crippen molar-refractivity contribution in [2.45, 2.75) is 25.0 Å². The number of nitrogens with zero attached hydrogens (tertiary/aromatic N) is 1. The molecule has 1 unspecified atom stereocenters. The van der Waals surface area contributed by atoms with Gasteiger partial charge in [-0.25, -0.2) is 0 Å². The predicted octanol–water partition coefficient (Wildman–Crippen LogP) is -1.62. The number of likely N-dealkylation sites (tertiary alicyclic amines) is 1. The van der Waals surface area contributed by atoms with Gasteiger partial charge in [-0.15, -0.1) is 0 Å². The van der Waals surface area contributed by atoms with E-state index in [2.05, 4.69) is 0 Å². The minimum Gasteiger partial charge on any atom is -0.481 e. The van der Waals surface area contributed by atoms with Crippen molar-refractivity contribution in [1.82, 2.24) is 4.90 Å². The van der Waals surface area contributed by atoms with Crippen molar-refractivity contribution in [3.05, 3.63) is 0 Å². The van der Waals surface area contributed by atoms with E-state index in [0.717, 1.165) is 0 Å². The summed E-state index contributed by atoms with van der Waals surface area (Å²) < 4.78 is 0. The second kappa shape index (κ2) is 4.39. The van der Waals surface area contributed by atoms with Crippen molar-refractivity contribution >= 4 is 11.9 Å². The van der Waals surface area contributed by atoms with Crippen LogP contribution >= 0.6 is 0 Å². The fourth-order valence-corrected chi connectivity index (χ4v) is 1.27. The molecule has 80 valence electrons. The highest BCUT2D eigenvalue weighted by molar-refractivity contribution is 5.83. The van der Waals surface area contributed by atoms with E-state index in [0.29, 0.717) is 13.1 Å². The summed E-state index contributed by atoms with van der Waals surface area (Å²) in [6.07, 6.45) is -0.421. The molecule has 1 rings (SSSR count). The molecule has 6 nitrogen and oxygen atoms in total. The van der Waals surface area contributed by atoms with Gasteiger partial charge in [-0.1, -0.05) is 0 Å². The number of nitrogens with two attached hydrogens (primary N) is 1. The lowest BCUT2D eigenvalue weighted by Gasteiger charge is -2.37. The van der Waals surface area contributed by atoms with Gasteiger partial charge in [-0.2, -0.15) is 0 Å². The van der Waals surface area contributed by atoms with Crippen molar-refractivity contribution in [2.24, 2.45) is 5.73 Å². The Hall–Kier alpha value is -1.14. The summed E-state index contributed by atoms with van der Waals surface area (Å²) in [6.45, 7) is 0.610. The third-order valence-electron chi connectivity index (χ3n) is 2.16. The van der Waals surface area contributed by atoms with Gasteiger partial charge in [-0.3, -0.25) is 9.59 Å². The topological polar surface area (TPSA) is 104 Å². The van der Waals surface area contributed by atoms with E-state index in [-0.39, 0.29) is 18.7 Å². The van der Waals surface area contributed by atoms with Crippen LogP contribution in [0.5, 0.6) is 0 Å². The van der Waals surface area contributed by atoms with E-state index in [1.807, 2.05) is 0 Å². The molecule has 1 heterocycles. The Labute approximate surface area is 81.3 Å². The van der Waals surface area contributed by atoms with Gasteiger partial charge in [0.15, 0.2) is 0 Å². The maximum Gasteiger partial charge on any atom is 0.303 e. The molecule has 0 radical (unpaired) electrons. The van der Waals surface area contributed by atoms with Crippen molar-refractivity contribution in [2.75, 3.05) is 13.1 Å². The van der Waals surface area contributed by atoms with Crippen molar-refractivity contribution in [3.63, 3.8) is 0 Å². The van der Waals surface area contributed by atoms with Crippen LogP contribution in [0.4, 0.5) is 0 Å². The number of carboxylic acid groups (broad SMARTS) is 1. The number of rotatable bonds is 4. The zero-order valence-corrected chi connectivity index (χ0v) is 7.72. The summed E-state index contributed by atoms with van der Waals surface area (Å²) in [6, 6.07) is -0.765. The lowest BCUT2D eigenvalue weighted by molar-refractivity contribution is -0.143. The van der Waals surface area contributed by atoms with Gasteiger partial charge in [-0.05, 0) is 6.42 Å². The zero-order valence-electron chi connectivity index (χ0n) is 7.72. The molecule has 14 heavy (non-hydrogen) atoms. The van der Waals surface area contributed by atoms with Gasteiger partial charge in [0.2, 0.25) is 5.91 Å². The molecule has 0 aromatic heterocycles. The van der Waals surface area contributed by atoms with Gasteiger partial charge in [0.25, 0.3) is 0 Å². The van der Waals surface area contributed by atoms with E-state index in [1.54, 1.807) is 0 Å². The second-order valence-corrected chi connectivity index (χ2v) is 3.44. The highest BCUT2D eigenvalue weighted by Gasteiger charge is 2.31. The standard InChI is InChI=1S/C8H14N2O4/c9-6(1-2-7(12)13)8(14)10-3-5(11)4-10/h5-6,11H,1-4,9H2,(H,12,13). The first-order chi connectivity index (χ1) is 6.50. The minimum atomic E-state index is -0.961. The van der Waals surface area contributed by atoms with Crippen LogP contribution in [-0.2, 0) is 9.59 Å². The average Bonchev–Trinajstić information content (AvgIpc) is 2.07. The molecule has 0 saturated carbocycles. The Morgan fingerprint density at radius 3 is 2.50 bits per heavy atom. The summed E-state index contributed by atoms with van der Waals surface area (Å²) in [5.41, 5.74) is 5.49. The monoisotopic (exact) mass is 202 g/mol. The number of aliphatic hydroxyl groups is 1. The van der Waals surface area contributed by atoms with Crippen LogP contribution in [0.2, 0.25) is 0 Å². The molecule has 1 aliphatic heterocycles. The van der Waals surface area contributed by atoms with Crippen LogP contribution in [0, 0.1) is 0 Å². The third-order valence-corrected chi connectivity index (χ3v) is 2.16. The first kappa shape index (κ1) is 10.9. The molecule has 1 fully saturated rings. The Kier molecular flexibility index (Phi) is 3.43. The van der Waals surface area contributed by atoms with E-state index in [4.69, 9.17) is 15.9 Å². The smallest absolute Gasteiger partial charge is 0.303 e. The average molecular weight is 202 g/mol. The summed E-state index contributed by atoms with van der Waals surface area (Å²) in [7, 11) is 0. The van der Waals surface area contributed by atoms with Gasteiger partial charge in [0.05, 0.1) is 12.1 Å². The molecule has 0 spiro atoms. The number of hydrogen-bond acceptors (Lipinski definition) is 4. The molecule has 0 bridgehead atoms. The lowest BCUT2D eigenvalue weighted by atomic mass is 10.1. The SMILES string of the molecule is NC(CCC(=O)O)C(=O)N1CC(O)C1. The Morgan fingerprint density at radius 1 is 1.50 bits per heavy atom. The number of aliphatic carboxylic acids is 1. The molecule has 1 saturated heterocycles. The largest absolute Gasteiger partial charge is 0.481 e. The molecule has 4 N–H and O–H groups in total. The number of carbonyl (C=O) groups excluding carboxylic acids is 1. The first-order valence-corrected chi connectivity index (χ1v) is 4.45. The van der Waals surface area contributed by atoms with Gasteiger partial charge in [0, 0.05) is 19.5 Å². The molecule has 1 aliphatic rings. The fraction of sp³-hybridized carbons (Fsp3) is 0.750. The molecule has 1 atom stereocenters. The van der Waals surface area contributed by atoms with E-state index in [9.17, 15) is 9.59 Å². The number of amides is 1. The quantitative estimate of drug-likeness (QED) is 0.508. The molecular formula is C8H14N2O4. The summed E-state index contributed by atoms with van der Waals surface area (Å²) >= 11 is 0. The van der Waals surface area contributed by atoms with Crippen LogP contribution in [0.25, 0.3) is 0 Å². The molecule has 0 aromatic rings. The van der Waals surface area contributed by atoms with Gasteiger partial charge >= 0.3 is 5.97 Å². The fourth-order valence-electron chi connectivity index (χ4n) is 1.27. The van der Waals surface area contributed by atoms with E-state index < -0.39 is 18.1 Å². The number of aliphatic hydroxyl groups excluding tert-OH is 1. The highest BCUT2D eigenvalue weighted by Crippen LogP contribution is 2.10. The first-order valence-electron chi connectivity index (χ1n) is 4.45. The number of carboxylic acids is 1. The number of β-amino-alcohol motifs (C(OH)–C–C–N with tert-alkyl or cyclic N) is 1. The van der Waals surface area contributed by atoms with Crippen LogP contribution in [0.1, 0.15) is 12.8 Å². The zero-order chi connectivity index (χ0) is 10.7. The summed E-state index contributed by atoms with van der Waals surface area (Å²) in [4.78, 5) is 23.0. The van der Waals surface area contributed by atoms with Gasteiger partial charge < -0.3 is 20.8 Å². The van der Waals surface area contributed by atoms with E-state index >= 15 is 0 Å². The maximum atomic E-state index is 11.4. The van der Waals surface area contributed by atoms with Crippen molar-refractivity contribution in [1.29, 1.82) is 0 Å². The second-order valence-electron chi connectivity index (χ2n) is 3.44. The van der Waals surface area contributed by atoms with Crippen LogP contribution in [0.15, 0.2) is 0 Å². The van der Waals surface area contributed by atoms with Crippen LogP contribution in [-0.4, -0.2) is 52.2 Å². The number of hydrogen-bond donors (Lipinski definition) is 3. The van der Waals surface area contributed by atoms with Crippen LogP contribution in [0.3, 0.4) is 0 Å². The number of carbonyl (C=O) groups is 2. The summed E-state index contributed by atoms with van der Waals surface area (Å²) in [5, 5.41) is 17.3. The molecule has 0 aliphatic carbocycles. The normalized spacial score (nSPS) is 18.9. The lowest BCUT2D eigenvalue weighted by Crippen LogP contribution is -2.57. The van der Waals surface area contributed by atoms with Gasteiger partial charge in [0.1, 0.15) is 0 Å². The molecule has 1 amide bonds.